The zero-order valence-corrected chi connectivity index (χ0v) is 11.6. The van der Waals surface area contributed by atoms with Gasteiger partial charge in [0.15, 0.2) is 0 Å². The van der Waals surface area contributed by atoms with E-state index in [4.69, 9.17) is 4.74 Å². The van der Waals surface area contributed by atoms with Gasteiger partial charge in [0.1, 0.15) is 11.8 Å². The largest absolute Gasteiger partial charge is 0.377 e. The zero-order chi connectivity index (χ0) is 14.3. The van der Waals surface area contributed by atoms with Gasteiger partial charge in [0.2, 0.25) is 11.8 Å². The van der Waals surface area contributed by atoms with Gasteiger partial charge in [0.25, 0.3) is 0 Å². The Morgan fingerprint density at radius 3 is 2.68 bits per heavy atom. The highest BCUT2D eigenvalue weighted by molar-refractivity contribution is 5.89. The molecule has 1 N–H and O–H groups in total. The molecule has 1 aliphatic rings. The van der Waals surface area contributed by atoms with Crippen molar-refractivity contribution < 1.29 is 19.1 Å². The van der Waals surface area contributed by atoms with Crippen LogP contribution in [-0.4, -0.2) is 54.8 Å². The zero-order valence-electron chi connectivity index (χ0n) is 11.6. The van der Waals surface area contributed by atoms with Gasteiger partial charge in [-0.05, 0) is 13.3 Å². The molecule has 108 valence electrons. The lowest BCUT2D eigenvalue weighted by molar-refractivity contribution is -0.148. The number of rotatable bonds is 6. The topological polar surface area (TPSA) is 75.7 Å². The number of Topliss-reactive ketones (excluding diaryl/α,β-unsaturated/α-hetero) is 1. The summed E-state index contributed by atoms with van der Waals surface area (Å²) in [6.45, 7) is 5.07. The van der Waals surface area contributed by atoms with Gasteiger partial charge in [-0.3, -0.25) is 9.59 Å². The van der Waals surface area contributed by atoms with Crippen LogP contribution in [0.25, 0.3) is 0 Å². The first-order valence-electron chi connectivity index (χ1n) is 6.70. The van der Waals surface area contributed by atoms with E-state index in [2.05, 4.69) is 5.32 Å². The fraction of sp³-hybridized carbons (Fsp3) is 0.769. The molecule has 1 heterocycles. The molecule has 0 saturated carbocycles. The summed E-state index contributed by atoms with van der Waals surface area (Å²) in [5.74, 6) is -0.360. The minimum absolute atomic E-state index is 0.0198. The molecule has 6 heteroatoms. The average Bonchev–Trinajstić information content (AvgIpc) is 2.42. The number of hydrogen-bond acceptors (Lipinski definition) is 4. The molecule has 2 amide bonds. The Bertz CT molecular complexity index is 344. The van der Waals surface area contributed by atoms with Crippen LogP contribution in [0, 0.1) is 0 Å². The third kappa shape index (κ3) is 4.98. The normalized spacial score (nSPS) is 19.1. The molecule has 1 atom stereocenters. The molecule has 6 nitrogen and oxygen atoms in total. The lowest BCUT2D eigenvalue weighted by Gasteiger charge is -2.34. The maximum atomic E-state index is 12.0. The SMILES string of the molecule is CCCNC(=O)C1COCCN1C(=O)CCC(C)=O. The summed E-state index contributed by atoms with van der Waals surface area (Å²) in [6.07, 6.45) is 1.23. The van der Waals surface area contributed by atoms with Crippen LogP contribution in [-0.2, 0) is 19.1 Å². The van der Waals surface area contributed by atoms with Crippen LogP contribution in [0.2, 0.25) is 0 Å². The molecule has 1 rings (SSSR count). The van der Waals surface area contributed by atoms with Gasteiger partial charge < -0.3 is 19.7 Å². The molecular formula is C13H22N2O4. The van der Waals surface area contributed by atoms with Gasteiger partial charge in [-0.2, -0.15) is 0 Å². The Balaban J connectivity index is 2.58. The number of nitrogens with one attached hydrogen (secondary N) is 1. The minimum Gasteiger partial charge on any atom is -0.377 e. The Hall–Kier alpha value is -1.43. The number of ether oxygens (including phenoxy) is 1. The van der Waals surface area contributed by atoms with Crippen LogP contribution < -0.4 is 5.32 Å². The lowest BCUT2D eigenvalue weighted by Crippen LogP contribution is -2.56. The first kappa shape index (κ1) is 15.6. The summed E-state index contributed by atoms with van der Waals surface area (Å²) in [5, 5.41) is 2.77. The predicted octanol–water partition coefficient (Wildman–Crippen LogP) is 0.109. The Morgan fingerprint density at radius 1 is 1.32 bits per heavy atom. The molecule has 1 aliphatic heterocycles. The number of hydrogen-bond donors (Lipinski definition) is 1. The minimum atomic E-state index is -0.570. The number of carbonyl (C=O) groups is 3. The van der Waals surface area contributed by atoms with Crippen LogP contribution >= 0.6 is 0 Å². The highest BCUT2D eigenvalue weighted by atomic mass is 16.5. The highest BCUT2D eigenvalue weighted by Gasteiger charge is 2.32. The van der Waals surface area contributed by atoms with E-state index in [0.29, 0.717) is 19.7 Å². The summed E-state index contributed by atoms with van der Waals surface area (Å²) in [7, 11) is 0. The monoisotopic (exact) mass is 270 g/mol. The van der Waals surface area contributed by atoms with Crippen molar-refractivity contribution >= 4 is 17.6 Å². The van der Waals surface area contributed by atoms with Crippen LogP contribution in [0.5, 0.6) is 0 Å². The van der Waals surface area contributed by atoms with Crippen molar-refractivity contribution in [2.75, 3.05) is 26.3 Å². The average molecular weight is 270 g/mol. The maximum absolute atomic E-state index is 12.0. The Labute approximate surface area is 113 Å². The molecule has 0 aromatic rings. The van der Waals surface area contributed by atoms with Crippen molar-refractivity contribution in [1.82, 2.24) is 10.2 Å². The van der Waals surface area contributed by atoms with Crippen LogP contribution in [0.4, 0.5) is 0 Å². The van der Waals surface area contributed by atoms with Gasteiger partial charge in [0, 0.05) is 25.9 Å². The summed E-state index contributed by atoms with van der Waals surface area (Å²) in [5.41, 5.74) is 0. The summed E-state index contributed by atoms with van der Waals surface area (Å²) in [6, 6.07) is -0.570. The lowest BCUT2D eigenvalue weighted by atomic mass is 10.1. The molecule has 0 spiro atoms. The van der Waals surface area contributed by atoms with E-state index in [1.807, 2.05) is 6.92 Å². The highest BCUT2D eigenvalue weighted by Crippen LogP contribution is 2.10. The van der Waals surface area contributed by atoms with E-state index in [-0.39, 0.29) is 37.0 Å². The van der Waals surface area contributed by atoms with Gasteiger partial charge in [-0.1, -0.05) is 6.92 Å². The summed E-state index contributed by atoms with van der Waals surface area (Å²) < 4.78 is 5.27. The molecule has 1 unspecified atom stereocenters. The van der Waals surface area contributed by atoms with E-state index in [0.717, 1.165) is 6.42 Å². The van der Waals surface area contributed by atoms with Crippen molar-refractivity contribution in [3.05, 3.63) is 0 Å². The quantitative estimate of drug-likeness (QED) is 0.743. The number of ketones is 1. The summed E-state index contributed by atoms with van der Waals surface area (Å²) >= 11 is 0. The fourth-order valence-electron chi connectivity index (χ4n) is 1.91. The first-order valence-corrected chi connectivity index (χ1v) is 6.70. The van der Waals surface area contributed by atoms with Gasteiger partial charge >= 0.3 is 0 Å². The second kappa shape index (κ2) is 7.89. The van der Waals surface area contributed by atoms with Crippen LogP contribution in [0.3, 0.4) is 0 Å². The second-order valence-electron chi connectivity index (χ2n) is 4.67. The van der Waals surface area contributed by atoms with Gasteiger partial charge in [-0.15, -0.1) is 0 Å². The van der Waals surface area contributed by atoms with Gasteiger partial charge in [-0.25, -0.2) is 0 Å². The number of nitrogens with zero attached hydrogens (tertiary/aromatic N) is 1. The van der Waals surface area contributed by atoms with E-state index in [1.165, 1.54) is 11.8 Å². The Morgan fingerprint density at radius 2 is 2.05 bits per heavy atom. The maximum Gasteiger partial charge on any atom is 0.245 e. The van der Waals surface area contributed by atoms with Crippen molar-refractivity contribution in [3.63, 3.8) is 0 Å². The van der Waals surface area contributed by atoms with Crippen molar-refractivity contribution in [1.29, 1.82) is 0 Å². The fourth-order valence-corrected chi connectivity index (χ4v) is 1.91. The third-order valence-electron chi connectivity index (χ3n) is 2.99. The van der Waals surface area contributed by atoms with Crippen LogP contribution in [0.15, 0.2) is 0 Å². The molecule has 1 fully saturated rings. The first-order chi connectivity index (χ1) is 9.06. The van der Waals surface area contributed by atoms with Crippen molar-refractivity contribution in [2.24, 2.45) is 0 Å². The molecule has 0 radical (unpaired) electrons. The van der Waals surface area contributed by atoms with Crippen LogP contribution in [0.1, 0.15) is 33.1 Å². The van der Waals surface area contributed by atoms with Crippen molar-refractivity contribution in [2.45, 2.75) is 39.2 Å². The van der Waals surface area contributed by atoms with E-state index < -0.39 is 6.04 Å². The second-order valence-corrected chi connectivity index (χ2v) is 4.67. The van der Waals surface area contributed by atoms with E-state index >= 15 is 0 Å². The Kier molecular flexibility index (Phi) is 6.49. The summed E-state index contributed by atoms with van der Waals surface area (Å²) in [4.78, 5) is 36.4. The molecular weight excluding hydrogens is 248 g/mol. The number of carbonyl (C=O) groups excluding carboxylic acids is 3. The molecule has 0 aromatic heterocycles. The van der Waals surface area contributed by atoms with Gasteiger partial charge in [0.05, 0.1) is 13.2 Å². The predicted molar refractivity (Wildman–Crippen MR) is 69.5 cm³/mol. The van der Waals surface area contributed by atoms with Crippen molar-refractivity contribution in [3.8, 4) is 0 Å². The smallest absolute Gasteiger partial charge is 0.245 e. The molecule has 19 heavy (non-hydrogen) atoms. The molecule has 0 aromatic carbocycles. The number of morpholine rings is 1. The third-order valence-corrected chi connectivity index (χ3v) is 2.99. The number of amides is 2. The van der Waals surface area contributed by atoms with E-state index in [1.54, 1.807) is 0 Å². The molecule has 1 saturated heterocycles. The standard InChI is InChI=1S/C13H22N2O4/c1-3-6-14-13(18)11-9-19-8-7-15(11)12(17)5-4-10(2)16/h11H,3-9H2,1-2H3,(H,14,18). The molecule has 0 aliphatic carbocycles. The molecule has 0 bridgehead atoms. The van der Waals surface area contributed by atoms with E-state index in [9.17, 15) is 14.4 Å².